The molecule has 0 saturated carbocycles. The quantitative estimate of drug-likeness (QED) is 0.143. The van der Waals surface area contributed by atoms with Gasteiger partial charge in [0.2, 0.25) is 0 Å². The minimum Gasteiger partial charge on any atom is -0.371 e. The molecule has 0 radical (unpaired) electrons. The summed E-state index contributed by atoms with van der Waals surface area (Å²) >= 11 is 0. The van der Waals surface area contributed by atoms with E-state index >= 15 is 0 Å². The Balaban J connectivity index is 0.973. The van der Waals surface area contributed by atoms with E-state index in [1.54, 1.807) is 0 Å². The van der Waals surface area contributed by atoms with E-state index in [0.29, 0.717) is 39.1 Å². The number of aromatic nitrogens is 2. The SMILES string of the molecule is Cc1cnc(CN(C)C[C@H]2Cc3c(cccc3N3CCC(F)(F)CC3)CN2)c(Cc2cc3c(c(N4CCC(F)(F)CC4)c2)C[C@H](CN(C)Cc2ncccc2C)NC3)c1. The van der Waals surface area contributed by atoms with Crippen molar-refractivity contribution in [2.75, 3.05) is 63.2 Å². The Hall–Kier alpha value is -4.10. The van der Waals surface area contributed by atoms with Crippen molar-refractivity contribution < 1.29 is 17.6 Å². The summed E-state index contributed by atoms with van der Waals surface area (Å²) in [4.78, 5) is 18.6. The number of anilines is 2. The molecule has 59 heavy (non-hydrogen) atoms. The van der Waals surface area contributed by atoms with Crippen molar-refractivity contribution in [1.29, 1.82) is 0 Å². The van der Waals surface area contributed by atoms with Gasteiger partial charge >= 0.3 is 0 Å². The highest BCUT2D eigenvalue weighted by atomic mass is 19.3. The molecule has 2 atom stereocenters. The lowest BCUT2D eigenvalue weighted by atomic mass is 9.89. The Morgan fingerprint density at radius 2 is 1.29 bits per heavy atom. The molecule has 4 aliphatic heterocycles. The van der Waals surface area contributed by atoms with Gasteiger partial charge in [-0.3, -0.25) is 19.8 Å². The van der Waals surface area contributed by atoms with Gasteiger partial charge in [0.15, 0.2) is 0 Å². The molecule has 316 valence electrons. The van der Waals surface area contributed by atoms with E-state index in [1.165, 1.54) is 38.9 Å². The van der Waals surface area contributed by atoms with Crippen LogP contribution in [0.3, 0.4) is 0 Å². The van der Waals surface area contributed by atoms with E-state index in [1.807, 2.05) is 18.5 Å². The van der Waals surface area contributed by atoms with Crippen molar-refractivity contribution in [3.05, 3.63) is 117 Å². The Morgan fingerprint density at radius 1 is 0.695 bits per heavy atom. The summed E-state index contributed by atoms with van der Waals surface area (Å²) in [6.45, 7) is 10.2. The molecule has 12 heteroatoms. The fourth-order valence-electron chi connectivity index (χ4n) is 9.68. The number of benzene rings is 2. The average Bonchev–Trinajstić information content (AvgIpc) is 3.19. The molecule has 0 amide bonds. The molecule has 8 nitrogen and oxygen atoms in total. The highest BCUT2D eigenvalue weighted by Crippen LogP contribution is 2.37. The Labute approximate surface area is 347 Å². The lowest BCUT2D eigenvalue weighted by molar-refractivity contribution is -0.0227. The van der Waals surface area contributed by atoms with Gasteiger partial charge in [-0.2, -0.15) is 0 Å². The molecule has 4 aliphatic rings. The molecular formula is C47H60F4N8. The Bertz CT molecular complexity index is 2090. The number of hydrogen-bond donors (Lipinski definition) is 2. The number of hydrogen-bond acceptors (Lipinski definition) is 8. The molecular weight excluding hydrogens is 753 g/mol. The van der Waals surface area contributed by atoms with Gasteiger partial charge in [0.25, 0.3) is 11.8 Å². The maximum Gasteiger partial charge on any atom is 0.251 e. The first-order chi connectivity index (χ1) is 28.3. The molecule has 0 spiro atoms. The Kier molecular flexibility index (Phi) is 12.3. The van der Waals surface area contributed by atoms with Crippen molar-refractivity contribution in [3.8, 4) is 0 Å². The summed E-state index contributed by atoms with van der Waals surface area (Å²) in [7, 11) is 4.28. The molecule has 4 aromatic rings. The van der Waals surface area contributed by atoms with E-state index < -0.39 is 11.8 Å². The van der Waals surface area contributed by atoms with E-state index in [4.69, 9.17) is 4.98 Å². The number of halogens is 4. The number of likely N-dealkylation sites (N-methyl/N-ethyl adjacent to an activating group) is 2. The number of aryl methyl sites for hydroxylation is 2. The third-order valence-electron chi connectivity index (χ3n) is 13.0. The van der Waals surface area contributed by atoms with Crippen LogP contribution < -0.4 is 20.4 Å². The van der Waals surface area contributed by atoms with Crippen molar-refractivity contribution in [3.63, 3.8) is 0 Å². The number of pyridine rings is 2. The molecule has 2 N–H and O–H groups in total. The van der Waals surface area contributed by atoms with Crippen LogP contribution in [0.1, 0.15) is 81.6 Å². The standard InChI is InChI=1S/C47H60F4N8/c1-32-19-36(43(55-25-32)31-57(4)29-38-23-40-35(26-53-38)8-5-9-44(40)58-15-10-46(48,49)11-16-58)20-34-21-37-27-54-39(28-56(3)30-42-33(2)7-6-14-52-42)24-41(37)45(22-34)59-17-12-47(50,51)13-18-59/h5-9,14,19,21-22,25,38-39,53-54H,10-13,15-18,20,23-24,26-31H2,1-4H3/t38-,39-/m1/s1. The molecule has 0 unspecified atom stereocenters. The molecule has 0 aliphatic carbocycles. The summed E-state index contributed by atoms with van der Waals surface area (Å²) in [5, 5.41) is 7.53. The maximum absolute atomic E-state index is 14.4. The number of nitrogens with one attached hydrogen (secondary N) is 2. The zero-order valence-electron chi connectivity index (χ0n) is 35.1. The van der Waals surface area contributed by atoms with E-state index in [2.05, 4.69) is 106 Å². The molecule has 0 bridgehead atoms. The van der Waals surface area contributed by atoms with Gasteiger partial charge in [-0.1, -0.05) is 30.3 Å². The predicted molar refractivity (Wildman–Crippen MR) is 228 cm³/mol. The highest BCUT2D eigenvalue weighted by molar-refractivity contribution is 5.61. The third kappa shape index (κ3) is 10.1. The lowest BCUT2D eigenvalue weighted by Gasteiger charge is -2.38. The fourth-order valence-corrected chi connectivity index (χ4v) is 9.68. The summed E-state index contributed by atoms with van der Waals surface area (Å²) in [5.74, 6) is -5.19. The third-order valence-corrected chi connectivity index (χ3v) is 13.0. The van der Waals surface area contributed by atoms with Crippen LogP contribution in [-0.4, -0.2) is 97.1 Å². The van der Waals surface area contributed by atoms with Crippen molar-refractivity contribution in [2.24, 2.45) is 0 Å². The number of nitrogens with zero attached hydrogens (tertiary/aromatic N) is 6. The van der Waals surface area contributed by atoms with Gasteiger partial charge in [-0.15, -0.1) is 0 Å². The van der Waals surface area contributed by atoms with E-state index in [-0.39, 0.29) is 37.8 Å². The number of piperidine rings is 2. The zero-order chi connectivity index (χ0) is 41.3. The first-order valence-electron chi connectivity index (χ1n) is 21.5. The molecule has 2 aromatic heterocycles. The van der Waals surface area contributed by atoms with Gasteiger partial charge < -0.3 is 20.4 Å². The average molecular weight is 813 g/mol. The zero-order valence-corrected chi connectivity index (χ0v) is 35.1. The monoisotopic (exact) mass is 812 g/mol. The van der Waals surface area contributed by atoms with Crippen molar-refractivity contribution in [1.82, 2.24) is 30.4 Å². The molecule has 6 heterocycles. The van der Waals surface area contributed by atoms with Crippen molar-refractivity contribution >= 4 is 11.4 Å². The molecule has 2 aromatic carbocycles. The summed E-state index contributed by atoms with van der Waals surface area (Å²) in [5.41, 5.74) is 14.0. The Morgan fingerprint density at radius 3 is 1.93 bits per heavy atom. The summed E-state index contributed by atoms with van der Waals surface area (Å²) in [6, 6.07) is 17.6. The molecule has 2 fully saturated rings. The van der Waals surface area contributed by atoms with E-state index in [9.17, 15) is 17.6 Å². The van der Waals surface area contributed by atoms with Crippen LogP contribution in [0.2, 0.25) is 0 Å². The first-order valence-corrected chi connectivity index (χ1v) is 21.5. The van der Waals surface area contributed by atoms with Crippen LogP contribution in [-0.2, 0) is 45.4 Å². The van der Waals surface area contributed by atoms with E-state index in [0.717, 1.165) is 73.9 Å². The van der Waals surface area contributed by atoms with Crippen LogP contribution in [0.25, 0.3) is 0 Å². The number of rotatable bonds is 12. The van der Waals surface area contributed by atoms with Gasteiger partial charge in [0.05, 0.1) is 11.4 Å². The van der Waals surface area contributed by atoms with Crippen LogP contribution in [0, 0.1) is 13.8 Å². The van der Waals surface area contributed by atoms with Gasteiger partial charge in [-0.25, -0.2) is 17.6 Å². The number of fused-ring (bicyclic) bond motifs is 2. The van der Waals surface area contributed by atoms with Crippen molar-refractivity contribution in [2.45, 2.75) is 109 Å². The second-order valence-corrected chi connectivity index (χ2v) is 17.9. The second kappa shape index (κ2) is 17.5. The topological polar surface area (TPSA) is 62.8 Å². The largest absolute Gasteiger partial charge is 0.371 e. The first kappa shape index (κ1) is 41.6. The smallest absolute Gasteiger partial charge is 0.251 e. The van der Waals surface area contributed by atoms with Crippen LogP contribution >= 0.6 is 0 Å². The normalized spacial score (nSPS) is 21.5. The van der Waals surface area contributed by atoms with Gasteiger partial charge in [-0.05, 0) is 110 Å². The minimum absolute atomic E-state index is 0.0975. The lowest BCUT2D eigenvalue weighted by Crippen LogP contribution is -2.45. The molecule has 8 rings (SSSR count). The predicted octanol–water partition coefficient (Wildman–Crippen LogP) is 7.45. The fraction of sp³-hybridized carbons (Fsp3) is 0.532. The van der Waals surface area contributed by atoms with Crippen LogP contribution in [0.5, 0.6) is 0 Å². The summed E-state index contributed by atoms with van der Waals surface area (Å²) < 4.78 is 56.9. The maximum atomic E-state index is 14.4. The van der Waals surface area contributed by atoms with Gasteiger partial charge in [0, 0.05) is 127 Å². The van der Waals surface area contributed by atoms with Crippen LogP contribution in [0.15, 0.2) is 60.9 Å². The second-order valence-electron chi connectivity index (χ2n) is 17.9. The highest BCUT2D eigenvalue weighted by Gasteiger charge is 2.37. The minimum atomic E-state index is -2.62. The number of alkyl halides is 4. The molecule has 2 saturated heterocycles. The summed E-state index contributed by atoms with van der Waals surface area (Å²) in [6.07, 6.45) is 5.72. The van der Waals surface area contributed by atoms with Crippen LogP contribution in [0.4, 0.5) is 28.9 Å². The van der Waals surface area contributed by atoms with Gasteiger partial charge in [0.1, 0.15) is 0 Å².